The van der Waals surface area contributed by atoms with Gasteiger partial charge in [0.25, 0.3) is 0 Å². The maximum Gasteiger partial charge on any atom is 0.340 e. The number of esters is 1. The third-order valence-corrected chi connectivity index (χ3v) is 4.41. The summed E-state index contributed by atoms with van der Waals surface area (Å²) in [5, 5.41) is 11.8. The maximum absolute atomic E-state index is 12.1. The first-order valence-electron chi connectivity index (χ1n) is 6.39. The number of aromatic nitrogens is 1. The van der Waals surface area contributed by atoms with Crippen LogP contribution in [0.15, 0.2) is 23.6 Å². The molecule has 5 nitrogen and oxygen atoms in total. The van der Waals surface area contributed by atoms with E-state index in [1.807, 2.05) is 6.07 Å². The molecule has 1 aromatic heterocycles. The first-order valence-corrected chi connectivity index (χ1v) is 8.02. The second-order valence-corrected chi connectivity index (χ2v) is 6.29. The zero-order valence-electron chi connectivity index (χ0n) is 11.9. The van der Waals surface area contributed by atoms with Gasteiger partial charge in [-0.2, -0.15) is 5.26 Å². The number of carbonyl (C=O) groups excluding carboxylic acids is 2. The van der Waals surface area contributed by atoms with Crippen LogP contribution in [0, 0.1) is 18.3 Å². The van der Waals surface area contributed by atoms with Gasteiger partial charge in [-0.25, -0.2) is 9.78 Å². The summed E-state index contributed by atoms with van der Waals surface area (Å²) in [4.78, 5) is 28.1. The fraction of sp³-hybridized carbons (Fsp3) is 0.200. The average Bonchev–Trinajstić information content (AvgIpc) is 2.92. The molecule has 1 atom stereocenters. The molecule has 0 bridgehead atoms. The summed E-state index contributed by atoms with van der Waals surface area (Å²) in [5.74, 6) is -2.35. The van der Waals surface area contributed by atoms with Gasteiger partial charge in [0.2, 0.25) is 0 Å². The van der Waals surface area contributed by atoms with E-state index in [4.69, 9.17) is 33.2 Å². The smallest absolute Gasteiger partial charge is 0.340 e. The predicted molar refractivity (Wildman–Crippen MR) is 87.0 cm³/mol. The maximum atomic E-state index is 12.1. The van der Waals surface area contributed by atoms with Crippen LogP contribution in [0.5, 0.6) is 0 Å². The Morgan fingerprint density at radius 2 is 2.17 bits per heavy atom. The van der Waals surface area contributed by atoms with Crippen molar-refractivity contribution in [1.29, 1.82) is 5.26 Å². The number of halogens is 2. The highest BCUT2D eigenvalue weighted by atomic mass is 35.5. The largest absolute Gasteiger partial charge is 0.454 e. The van der Waals surface area contributed by atoms with E-state index in [1.165, 1.54) is 29.5 Å². The van der Waals surface area contributed by atoms with Crippen LogP contribution >= 0.6 is 34.5 Å². The summed E-state index contributed by atoms with van der Waals surface area (Å²) < 4.78 is 4.93. The third-order valence-electron chi connectivity index (χ3n) is 2.83. The molecule has 0 aliphatic carbocycles. The van der Waals surface area contributed by atoms with Crippen molar-refractivity contribution >= 4 is 46.3 Å². The highest BCUT2D eigenvalue weighted by molar-refractivity contribution is 7.09. The van der Waals surface area contributed by atoms with Crippen LogP contribution in [0.3, 0.4) is 0 Å². The van der Waals surface area contributed by atoms with Crippen LogP contribution in [0.2, 0.25) is 10.0 Å². The van der Waals surface area contributed by atoms with E-state index in [-0.39, 0.29) is 10.6 Å². The van der Waals surface area contributed by atoms with Crippen LogP contribution in [0.4, 0.5) is 0 Å². The topological polar surface area (TPSA) is 80.0 Å². The summed E-state index contributed by atoms with van der Waals surface area (Å²) in [6.45, 7) is 1.23. The number of hydrogen-bond donors (Lipinski definition) is 0. The van der Waals surface area contributed by atoms with Gasteiger partial charge in [-0.05, 0) is 25.1 Å². The third kappa shape index (κ3) is 4.29. The molecular formula is C15H10Cl2N2O3S. The summed E-state index contributed by atoms with van der Waals surface area (Å²) >= 11 is 12.9. The van der Waals surface area contributed by atoms with Crippen molar-refractivity contribution < 1.29 is 14.3 Å². The predicted octanol–water partition coefficient (Wildman–Crippen LogP) is 3.79. The molecule has 0 fully saturated rings. The SMILES string of the molecule is Cc1csc([C@H](C#N)C(=O)COC(=O)c2ccc(Cl)cc2Cl)n1. The number of carbonyl (C=O) groups is 2. The van der Waals surface area contributed by atoms with Gasteiger partial charge < -0.3 is 4.74 Å². The normalized spacial score (nSPS) is 11.6. The molecule has 0 saturated heterocycles. The molecular weight excluding hydrogens is 359 g/mol. The fourth-order valence-corrected chi connectivity index (χ4v) is 3.07. The molecule has 0 amide bonds. The Balaban J connectivity index is 2.03. The molecule has 23 heavy (non-hydrogen) atoms. The highest BCUT2D eigenvalue weighted by Gasteiger charge is 2.25. The molecule has 1 heterocycles. The number of benzene rings is 1. The number of Topliss-reactive ketones (excluding diaryl/α,β-unsaturated/α-hetero) is 1. The zero-order chi connectivity index (χ0) is 17.0. The van der Waals surface area contributed by atoms with E-state index in [9.17, 15) is 9.59 Å². The van der Waals surface area contributed by atoms with Gasteiger partial charge in [-0.1, -0.05) is 23.2 Å². The minimum Gasteiger partial charge on any atom is -0.454 e. The Morgan fingerprint density at radius 3 is 2.74 bits per heavy atom. The van der Waals surface area contributed by atoms with Crippen molar-refractivity contribution in [2.24, 2.45) is 0 Å². The lowest BCUT2D eigenvalue weighted by Crippen LogP contribution is -2.20. The Hall–Kier alpha value is -1.94. The van der Waals surface area contributed by atoms with Crippen LogP contribution in [0.1, 0.15) is 27.0 Å². The fourth-order valence-electron chi connectivity index (χ4n) is 1.72. The zero-order valence-corrected chi connectivity index (χ0v) is 14.2. The monoisotopic (exact) mass is 368 g/mol. The van der Waals surface area contributed by atoms with Gasteiger partial charge in [-0.15, -0.1) is 11.3 Å². The van der Waals surface area contributed by atoms with Crippen LogP contribution in [-0.4, -0.2) is 23.3 Å². The number of thiazole rings is 1. The molecule has 0 radical (unpaired) electrons. The summed E-state index contributed by atoms with van der Waals surface area (Å²) in [6, 6.07) is 6.17. The van der Waals surface area contributed by atoms with E-state index >= 15 is 0 Å². The van der Waals surface area contributed by atoms with Crippen LogP contribution in [-0.2, 0) is 9.53 Å². The lowest BCUT2D eigenvalue weighted by molar-refractivity contribution is -0.122. The number of ketones is 1. The van der Waals surface area contributed by atoms with E-state index in [1.54, 1.807) is 12.3 Å². The van der Waals surface area contributed by atoms with Crippen molar-refractivity contribution in [2.75, 3.05) is 6.61 Å². The Bertz CT molecular complexity index is 798. The number of nitriles is 1. The van der Waals surface area contributed by atoms with Gasteiger partial charge in [-0.3, -0.25) is 4.79 Å². The lowest BCUT2D eigenvalue weighted by Gasteiger charge is -2.08. The molecule has 8 heteroatoms. The van der Waals surface area contributed by atoms with Gasteiger partial charge in [0.15, 0.2) is 18.3 Å². The molecule has 2 aromatic rings. The minimum atomic E-state index is -1.05. The van der Waals surface area contributed by atoms with E-state index < -0.39 is 24.3 Å². The molecule has 2 rings (SSSR count). The molecule has 118 valence electrons. The Morgan fingerprint density at radius 1 is 1.43 bits per heavy atom. The van der Waals surface area contributed by atoms with Gasteiger partial charge in [0.1, 0.15) is 5.01 Å². The van der Waals surface area contributed by atoms with Gasteiger partial charge in [0, 0.05) is 16.1 Å². The number of aryl methyl sites for hydroxylation is 1. The van der Waals surface area contributed by atoms with Crippen molar-refractivity contribution in [2.45, 2.75) is 12.8 Å². The molecule has 0 N–H and O–H groups in total. The second-order valence-electron chi connectivity index (χ2n) is 4.56. The minimum absolute atomic E-state index is 0.0995. The number of hydrogen-bond acceptors (Lipinski definition) is 6. The molecule has 0 unspecified atom stereocenters. The highest BCUT2D eigenvalue weighted by Crippen LogP contribution is 2.23. The standard InChI is InChI=1S/C15H10Cl2N2O3S/c1-8-7-23-14(19-8)11(5-18)13(20)6-22-15(21)10-3-2-9(16)4-12(10)17/h2-4,7,11H,6H2,1H3/t11-/m1/s1. The van der Waals surface area contributed by atoms with E-state index in [0.29, 0.717) is 10.0 Å². The first kappa shape index (κ1) is 17.4. The second kappa shape index (κ2) is 7.55. The number of nitrogens with zero attached hydrogens (tertiary/aromatic N) is 2. The van der Waals surface area contributed by atoms with Crippen LogP contribution in [0.25, 0.3) is 0 Å². The van der Waals surface area contributed by atoms with Crippen molar-refractivity contribution in [1.82, 2.24) is 4.98 Å². The van der Waals surface area contributed by atoms with E-state index in [2.05, 4.69) is 4.98 Å². The molecule has 0 aliphatic heterocycles. The lowest BCUT2D eigenvalue weighted by atomic mass is 10.1. The molecule has 0 spiro atoms. The van der Waals surface area contributed by atoms with Crippen molar-refractivity contribution in [3.05, 3.63) is 49.9 Å². The molecule has 0 saturated carbocycles. The number of rotatable bonds is 5. The quantitative estimate of drug-likeness (QED) is 0.749. The number of ether oxygens (including phenoxy) is 1. The average molecular weight is 369 g/mol. The van der Waals surface area contributed by atoms with Crippen molar-refractivity contribution in [3.63, 3.8) is 0 Å². The van der Waals surface area contributed by atoms with E-state index in [0.717, 1.165) is 5.69 Å². The molecule has 1 aromatic carbocycles. The van der Waals surface area contributed by atoms with Crippen LogP contribution < -0.4 is 0 Å². The summed E-state index contributed by atoms with van der Waals surface area (Å²) in [6.07, 6.45) is 0. The summed E-state index contributed by atoms with van der Waals surface area (Å²) in [7, 11) is 0. The summed E-state index contributed by atoms with van der Waals surface area (Å²) in [5.41, 5.74) is 0.824. The Labute approximate surface area is 146 Å². The first-order chi connectivity index (χ1) is 10.9. The van der Waals surface area contributed by atoms with Crippen molar-refractivity contribution in [3.8, 4) is 6.07 Å². The molecule has 0 aliphatic rings. The van der Waals surface area contributed by atoms with Gasteiger partial charge in [0.05, 0.1) is 16.7 Å². The Kier molecular flexibility index (Phi) is 5.72. The van der Waals surface area contributed by atoms with Gasteiger partial charge >= 0.3 is 5.97 Å².